The smallest absolute Gasteiger partial charge is 0.193 e. The quantitative estimate of drug-likeness (QED) is 0.454. The standard InChI is InChI=1S/C15H20N4S.HI/c1-10-5-4-6-13(9-10)19-15(16)17-8-7-14-11(2)18-12(3)20-14;/h4-6,9H,7-8H2,1-3H3,(H3,16,17,19);1H. The number of anilines is 1. The highest BCUT2D eigenvalue weighted by molar-refractivity contribution is 14.0. The molecule has 0 aliphatic carbocycles. The Kier molecular flexibility index (Phi) is 7.10. The van der Waals surface area contributed by atoms with Crippen LogP contribution in [0.4, 0.5) is 5.69 Å². The second-order valence-electron chi connectivity index (χ2n) is 4.75. The lowest BCUT2D eigenvalue weighted by Gasteiger charge is -2.06. The maximum atomic E-state index is 5.89. The van der Waals surface area contributed by atoms with Crippen LogP contribution in [-0.4, -0.2) is 17.5 Å². The van der Waals surface area contributed by atoms with E-state index in [9.17, 15) is 0 Å². The van der Waals surface area contributed by atoms with Crippen molar-refractivity contribution in [3.05, 3.63) is 45.4 Å². The molecule has 0 amide bonds. The van der Waals surface area contributed by atoms with Gasteiger partial charge >= 0.3 is 0 Å². The number of nitrogens with two attached hydrogens (primary N) is 1. The van der Waals surface area contributed by atoms with E-state index >= 15 is 0 Å². The fourth-order valence-corrected chi connectivity index (χ4v) is 2.92. The number of guanidine groups is 1. The van der Waals surface area contributed by atoms with Crippen molar-refractivity contribution >= 4 is 47.0 Å². The molecule has 1 aromatic heterocycles. The Labute approximate surface area is 146 Å². The molecule has 0 bridgehead atoms. The van der Waals surface area contributed by atoms with Gasteiger partial charge in [0.25, 0.3) is 0 Å². The van der Waals surface area contributed by atoms with E-state index in [1.165, 1.54) is 10.4 Å². The Balaban J connectivity index is 0.00000220. The van der Waals surface area contributed by atoms with Gasteiger partial charge in [-0.05, 0) is 38.5 Å². The number of thiazole rings is 1. The maximum Gasteiger partial charge on any atom is 0.193 e. The lowest BCUT2D eigenvalue weighted by Crippen LogP contribution is -2.23. The minimum absolute atomic E-state index is 0. The van der Waals surface area contributed by atoms with E-state index in [0.29, 0.717) is 12.5 Å². The summed E-state index contributed by atoms with van der Waals surface area (Å²) in [7, 11) is 0. The minimum Gasteiger partial charge on any atom is -0.370 e. The third-order valence-corrected chi connectivity index (χ3v) is 4.04. The summed E-state index contributed by atoms with van der Waals surface area (Å²) >= 11 is 1.73. The van der Waals surface area contributed by atoms with Gasteiger partial charge in [0, 0.05) is 23.5 Å². The molecule has 0 fully saturated rings. The highest BCUT2D eigenvalue weighted by Gasteiger charge is 2.03. The van der Waals surface area contributed by atoms with Crippen molar-refractivity contribution in [3.63, 3.8) is 0 Å². The Morgan fingerprint density at radius 1 is 1.33 bits per heavy atom. The molecule has 2 rings (SSSR count). The van der Waals surface area contributed by atoms with Gasteiger partial charge in [0.05, 0.1) is 10.7 Å². The van der Waals surface area contributed by atoms with Crippen molar-refractivity contribution in [1.29, 1.82) is 0 Å². The van der Waals surface area contributed by atoms with E-state index in [2.05, 4.69) is 15.3 Å². The summed E-state index contributed by atoms with van der Waals surface area (Å²) in [5.41, 5.74) is 9.16. The number of aryl methyl sites for hydroxylation is 3. The van der Waals surface area contributed by atoms with Crippen LogP contribution in [0.2, 0.25) is 0 Å². The molecule has 1 aromatic carbocycles. The molecule has 114 valence electrons. The number of benzene rings is 1. The Morgan fingerprint density at radius 2 is 2.10 bits per heavy atom. The van der Waals surface area contributed by atoms with Crippen LogP contribution in [0.15, 0.2) is 29.3 Å². The van der Waals surface area contributed by atoms with Gasteiger partial charge in [-0.1, -0.05) is 12.1 Å². The summed E-state index contributed by atoms with van der Waals surface area (Å²) in [5, 5.41) is 4.21. The lowest BCUT2D eigenvalue weighted by molar-refractivity contribution is 0.965. The van der Waals surface area contributed by atoms with Gasteiger partial charge in [0.2, 0.25) is 0 Å². The minimum atomic E-state index is 0. The van der Waals surface area contributed by atoms with Crippen LogP contribution < -0.4 is 11.1 Å². The number of aromatic nitrogens is 1. The van der Waals surface area contributed by atoms with Crippen molar-refractivity contribution in [2.75, 3.05) is 11.9 Å². The maximum absolute atomic E-state index is 5.89. The van der Waals surface area contributed by atoms with Crippen LogP contribution in [0.5, 0.6) is 0 Å². The molecule has 21 heavy (non-hydrogen) atoms. The molecule has 0 saturated carbocycles. The molecule has 0 unspecified atom stereocenters. The number of halogens is 1. The first-order valence-electron chi connectivity index (χ1n) is 6.61. The third kappa shape index (κ3) is 5.62. The number of hydrogen-bond donors (Lipinski definition) is 2. The van der Waals surface area contributed by atoms with Crippen LogP contribution in [0.3, 0.4) is 0 Å². The van der Waals surface area contributed by atoms with Gasteiger partial charge in [0.1, 0.15) is 0 Å². The molecule has 0 saturated heterocycles. The van der Waals surface area contributed by atoms with Crippen LogP contribution in [0.25, 0.3) is 0 Å². The van der Waals surface area contributed by atoms with Gasteiger partial charge < -0.3 is 11.1 Å². The fourth-order valence-electron chi connectivity index (χ4n) is 1.99. The molecular formula is C15H21IN4S. The molecule has 4 nitrogen and oxygen atoms in total. The molecule has 6 heteroatoms. The van der Waals surface area contributed by atoms with Gasteiger partial charge in [-0.2, -0.15) is 0 Å². The van der Waals surface area contributed by atoms with E-state index in [0.717, 1.165) is 22.8 Å². The number of aliphatic imine (C=N–C) groups is 1. The third-order valence-electron chi connectivity index (χ3n) is 2.91. The first-order chi connectivity index (χ1) is 9.54. The molecule has 0 aliphatic heterocycles. The molecule has 1 heterocycles. The predicted molar refractivity (Wildman–Crippen MR) is 102 cm³/mol. The molecule has 0 spiro atoms. The van der Waals surface area contributed by atoms with E-state index in [4.69, 9.17) is 5.73 Å². The first-order valence-corrected chi connectivity index (χ1v) is 7.43. The summed E-state index contributed by atoms with van der Waals surface area (Å²) in [6.07, 6.45) is 0.882. The average molecular weight is 416 g/mol. The lowest BCUT2D eigenvalue weighted by atomic mass is 10.2. The van der Waals surface area contributed by atoms with E-state index in [-0.39, 0.29) is 24.0 Å². The first kappa shape index (κ1) is 17.9. The molecule has 2 aromatic rings. The van der Waals surface area contributed by atoms with E-state index in [1.807, 2.05) is 45.0 Å². The molecule has 0 radical (unpaired) electrons. The van der Waals surface area contributed by atoms with Crippen molar-refractivity contribution in [3.8, 4) is 0 Å². The van der Waals surface area contributed by atoms with Crippen LogP contribution in [0, 0.1) is 20.8 Å². The summed E-state index contributed by atoms with van der Waals surface area (Å²) in [6.45, 7) is 6.79. The zero-order chi connectivity index (χ0) is 14.5. The second kappa shape index (κ2) is 8.33. The molecule has 0 aliphatic rings. The molecule has 0 atom stereocenters. The number of nitrogens with zero attached hydrogens (tertiary/aromatic N) is 2. The van der Waals surface area contributed by atoms with E-state index < -0.39 is 0 Å². The zero-order valence-corrected chi connectivity index (χ0v) is 15.7. The van der Waals surface area contributed by atoms with E-state index in [1.54, 1.807) is 11.3 Å². The monoisotopic (exact) mass is 416 g/mol. The molecular weight excluding hydrogens is 395 g/mol. The van der Waals surface area contributed by atoms with Crippen molar-refractivity contribution in [2.45, 2.75) is 27.2 Å². The summed E-state index contributed by atoms with van der Waals surface area (Å²) in [5.74, 6) is 0.453. The number of hydrogen-bond acceptors (Lipinski definition) is 3. The highest BCUT2D eigenvalue weighted by Crippen LogP contribution is 2.17. The SMILES string of the molecule is Cc1cccc(NC(N)=NCCc2sc(C)nc2C)c1.I. The van der Waals surface area contributed by atoms with Crippen molar-refractivity contribution in [2.24, 2.45) is 10.7 Å². The fraction of sp³-hybridized carbons (Fsp3) is 0.333. The largest absolute Gasteiger partial charge is 0.370 e. The highest BCUT2D eigenvalue weighted by atomic mass is 127. The van der Waals surface area contributed by atoms with Gasteiger partial charge in [-0.3, -0.25) is 4.99 Å². The van der Waals surface area contributed by atoms with Crippen LogP contribution in [-0.2, 0) is 6.42 Å². The summed E-state index contributed by atoms with van der Waals surface area (Å²) < 4.78 is 0. The number of nitrogens with one attached hydrogen (secondary N) is 1. The van der Waals surface area contributed by atoms with Gasteiger partial charge in [-0.25, -0.2) is 4.98 Å². The van der Waals surface area contributed by atoms with Crippen molar-refractivity contribution < 1.29 is 0 Å². The number of rotatable bonds is 4. The van der Waals surface area contributed by atoms with Crippen LogP contribution >= 0.6 is 35.3 Å². The van der Waals surface area contributed by atoms with Crippen LogP contribution in [0.1, 0.15) is 21.1 Å². The average Bonchev–Trinajstić information content (AvgIpc) is 2.68. The summed E-state index contributed by atoms with van der Waals surface area (Å²) in [6, 6.07) is 8.06. The van der Waals surface area contributed by atoms with Gasteiger partial charge in [-0.15, -0.1) is 35.3 Å². The zero-order valence-electron chi connectivity index (χ0n) is 12.5. The molecule has 3 N–H and O–H groups in total. The van der Waals surface area contributed by atoms with Crippen molar-refractivity contribution in [1.82, 2.24) is 4.98 Å². The second-order valence-corrected chi connectivity index (χ2v) is 6.04. The topological polar surface area (TPSA) is 63.3 Å². The Bertz CT molecular complexity index is 622. The predicted octanol–water partition coefficient (Wildman–Crippen LogP) is 3.66. The van der Waals surface area contributed by atoms with Gasteiger partial charge in [0.15, 0.2) is 5.96 Å². The Hall–Kier alpha value is -1.15. The Morgan fingerprint density at radius 3 is 2.71 bits per heavy atom. The summed E-state index contributed by atoms with van der Waals surface area (Å²) in [4.78, 5) is 10.1. The normalized spacial score (nSPS) is 11.1.